The number of β-amino-alcohol motifs (C(OH)–C–C–N with tert-alkyl or cyclic N) is 1. The average molecular weight is 300 g/mol. The van der Waals surface area contributed by atoms with E-state index in [-0.39, 0.29) is 17.3 Å². The van der Waals surface area contributed by atoms with Crippen LogP contribution in [0, 0.1) is 10.1 Å². The van der Waals surface area contributed by atoms with Gasteiger partial charge in [-0.15, -0.1) is 0 Å². The third-order valence-electron chi connectivity index (χ3n) is 3.49. The van der Waals surface area contributed by atoms with Gasteiger partial charge in [0.2, 0.25) is 0 Å². The number of benzene rings is 1. The van der Waals surface area contributed by atoms with Crippen LogP contribution >= 0.6 is 11.6 Å². The minimum Gasteiger partial charge on any atom is -0.395 e. The summed E-state index contributed by atoms with van der Waals surface area (Å²) in [7, 11) is 0. The summed E-state index contributed by atoms with van der Waals surface area (Å²) in [6.45, 7) is 3.91. The number of hydrogen-bond donors (Lipinski definition) is 1. The molecule has 1 aliphatic heterocycles. The normalized spacial score (nSPS) is 17.0. The lowest BCUT2D eigenvalue weighted by Crippen LogP contribution is -2.32. The molecule has 0 amide bonds. The lowest BCUT2D eigenvalue weighted by atomic mass is 10.2. The number of halogens is 1. The second-order valence-corrected chi connectivity index (χ2v) is 5.18. The molecule has 0 aromatic heterocycles. The van der Waals surface area contributed by atoms with Crippen LogP contribution in [0.1, 0.15) is 6.42 Å². The Kier molecular flexibility index (Phi) is 5.17. The Morgan fingerprint density at radius 3 is 2.80 bits per heavy atom. The highest BCUT2D eigenvalue weighted by atomic mass is 35.5. The second kappa shape index (κ2) is 6.88. The molecule has 110 valence electrons. The van der Waals surface area contributed by atoms with Crippen LogP contribution < -0.4 is 4.90 Å². The van der Waals surface area contributed by atoms with Crippen LogP contribution in [0.2, 0.25) is 5.02 Å². The number of aliphatic hydroxyl groups is 1. The minimum absolute atomic E-state index is 0.0234. The molecule has 1 heterocycles. The van der Waals surface area contributed by atoms with E-state index in [1.807, 2.05) is 4.90 Å². The standard InChI is InChI=1S/C13H18ClN3O3/c14-11-3-1-4-12(13(11)17(19)20)16-6-2-5-15(7-8-16)9-10-18/h1,3-4,18H,2,5-10H2. The molecule has 0 unspecified atom stereocenters. The van der Waals surface area contributed by atoms with Crippen molar-refractivity contribution in [2.75, 3.05) is 44.2 Å². The third-order valence-corrected chi connectivity index (χ3v) is 3.80. The van der Waals surface area contributed by atoms with Crippen LogP contribution in [0.4, 0.5) is 11.4 Å². The Hall–Kier alpha value is -1.37. The van der Waals surface area contributed by atoms with E-state index in [1.54, 1.807) is 18.2 Å². The highest BCUT2D eigenvalue weighted by Crippen LogP contribution is 2.35. The summed E-state index contributed by atoms with van der Waals surface area (Å²) in [5, 5.41) is 20.3. The van der Waals surface area contributed by atoms with Gasteiger partial charge in [-0.05, 0) is 25.1 Å². The molecule has 0 bridgehead atoms. The van der Waals surface area contributed by atoms with Gasteiger partial charge >= 0.3 is 5.69 Å². The first-order valence-corrected chi connectivity index (χ1v) is 7.02. The zero-order chi connectivity index (χ0) is 14.5. The fraction of sp³-hybridized carbons (Fsp3) is 0.538. The second-order valence-electron chi connectivity index (χ2n) is 4.77. The molecule has 1 fully saturated rings. The monoisotopic (exact) mass is 299 g/mol. The predicted octanol–water partition coefficient (Wildman–Crippen LogP) is 1.75. The molecule has 1 aromatic carbocycles. The maximum absolute atomic E-state index is 11.2. The molecule has 6 nitrogen and oxygen atoms in total. The van der Waals surface area contributed by atoms with Gasteiger partial charge in [0.15, 0.2) is 0 Å². The number of anilines is 1. The highest BCUT2D eigenvalue weighted by Gasteiger charge is 2.24. The number of hydrogen-bond acceptors (Lipinski definition) is 5. The Bertz CT molecular complexity index is 484. The van der Waals surface area contributed by atoms with Crippen molar-refractivity contribution in [2.45, 2.75) is 6.42 Å². The van der Waals surface area contributed by atoms with Crippen molar-refractivity contribution in [1.82, 2.24) is 4.90 Å². The van der Waals surface area contributed by atoms with E-state index in [0.717, 1.165) is 26.1 Å². The SMILES string of the molecule is O=[N+]([O-])c1c(Cl)cccc1N1CCCN(CCO)CC1. The van der Waals surface area contributed by atoms with Crippen LogP contribution in [0.25, 0.3) is 0 Å². The topological polar surface area (TPSA) is 69.9 Å². The minimum atomic E-state index is -0.423. The van der Waals surface area contributed by atoms with E-state index in [9.17, 15) is 10.1 Å². The number of para-hydroxylation sites is 1. The first-order valence-electron chi connectivity index (χ1n) is 6.64. The Labute approximate surface area is 122 Å². The smallest absolute Gasteiger partial charge is 0.310 e. The van der Waals surface area contributed by atoms with Crippen LogP contribution in [0.3, 0.4) is 0 Å². The van der Waals surface area contributed by atoms with Gasteiger partial charge in [0.25, 0.3) is 0 Å². The number of nitro benzene ring substituents is 1. The third kappa shape index (κ3) is 3.39. The van der Waals surface area contributed by atoms with Gasteiger partial charge in [-0.25, -0.2) is 0 Å². The molecule has 0 spiro atoms. The molecule has 20 heavy (non-hydrogen) atoms. The van der Waals surface area contributed by atoms with Crippen molar-refractivity contribution in [3.63, 3.8) is 0 Å². The van der Waals surface area contributed by atoms with E-state index >= 15 is 0 Å². The average Bonchev–Trinajstić information content (AvgIpc) is 2.64. The summed E-state index contributed by atoms with van der Waals surface area (Å²) < 4.78 is 0. The molecule has 0 aliphatic carbocycles. The van der Waals surface area contributed by atoms with E-state index in [1.165, 1.54) is 0 Å². The molecule has 1 N–H and O–H groups in total. The van der Waals surface area contributed by atoms with Crippen molar-refractivity contribution in [3.8, 4) is 0 Å². The van der Waals surface area contributed by atoms with Gasteiger partial charge in [0.1, 0.15) is 10.7 Å². The fourth-order valence-electron chi connectivity index (χ4n) is 2.52. The van der Waals surface area contributed by atoms with E-state index in [4.69, 9.17) is 16.7 Å². The van der Waals surface area contributed by atoms with Crippen molar-refractivity contribution in [1.29, 1.82) is 0 Å². The van der Waals surface area contributed by atoms with Crippen LogP contribution in [-0.4, -0.2) is 54.3 Å². The molecular weight excluding hydrogens is 282 g/mol. The first-order chi connectivity index (χ1) is 9.63. The number of nitro groups is 1. The summed E-state index contributed by atoms with van der Waals surface area (Å²) in [4.78, 5) is 14.9. The summed E-state index contributed by atoms with van der Waals surface area (Å²) in [6, 6.07) is 5.02. The maximum atomic E-state index is 11.2. The van der Waals surface area contributed by atoms with Gasteiger partial charge in [0.05, 0.1) is 11.5 Å². The van der Waals surface area contributed by atoms with Crippen molar-refractivity contribution < 1.29 is 10.0 Å². The van der Waals surface area contributed by atoms with Gasteiger partial charge in [-0.3, -0.25) is 15.0 Å². The number of aliphatic hydroxyl groups excluding tert-OH is 1. The summed E-state index contributed by atoms with van der Waals surface area (Å²) in [6.07, 6.45) is 0.906. The molecule has 0 atom stereocenters. The molecular formula is C13H18ClN3O3. The Morgan fingerprint density at radius 1 is 1.30 bits per heavy atom. The summed E-state index contributed by atoms with van der Waals surface area (Å²) in [5.41, 5.74) is 0.554. The molecule has 1 aromatic rings. The van der Waals surface area contributed by atoms with Crippen molar-refractivity contribution in [3.05, 3.63) is 33.3 Å². The quantitative estimate of drug-likeness (QED) is 0.677. The fourth-order valence-corrected chi connectivity index (χ4v) is 2.76. The van der Waals surface area contributed by atoms with Crippen LogP contribution in [0.15, 0.2) is 18.2 Å². The maximum Gasteiger partial charge on any atom is 0.310 e. The van der Waals surface area contributed by atoms with Gasteiger partial charge < -0.3 is 10.0 Å². The zero-order valence-electron chi connectivity index (χ0n) is 11.2. The number of rotatable bonds is 4. The van der Waals surface area contributed by atoms with Crippen LogP contribution in [-0.2, 0) is 0 Å². The van der Waals surface area contributed by atoms with Gasteiger partial charge in [0, 0.05) is 26.2 Å². The largest absolute Gasteiger partial charge is 0.395 e. The van der Waals surface area contributed by atoms with Crippen molar-refractivity contribution in [2.24, 2.45) is 0 Å². The van der Waals surface area contributed by atoms with E-state index in [2.05, 4.69) is 4.90 Å². The molecule has 2 rings (SSSR count). The molecule has 0 saturated carbocycles. The molecule has 0 radical (unpaired) electrons. The Morgan fingerprint density at radius 2 is 2.10 bits per heavy atom. The zero-order valence-corrected chi connectivity index (χ0v) is 11.9. The number of nitrogens with zero attached hydrogens (tertiary/aromatic N) is 3. The summed E-state index contributed by atoms with van der Waals surface area (Å²) >= 11 is 5.95. The highest BCUT2D eigenvalue weighted by molar-refractivity contribution is 6.33. The Balaban J connectivity index is 2.20. The summed E-state index contributed by atoms with van der Waals surface area (Å²) in [5.74, 6) is 0. The first kappa shape index (κ1) is 15.0. The molecule has 1 aliphatic rings. The lowest BCUT2D eigenvalue weighted by Gasteiger charge is -2.23. The molecule has 1 saturated heterocycles. The van der Waals surface area contributed by atoms with Crippen LogP contribution in [0.5, 0.6) is 0 Å². The van der Waals surface area contributed by atoms with E-state index in [0.29, 0.717) is 18.8 Å². The van der Waals surface area contributed by atoms with Gasteiger partial charge in [-0.1, -0.05) is 17.7 Å². The predicted molar refractivity (Wildman–Crippen MR) is 78.5 cm³/mol. The van der Waals surface area contributed by atoms with E-state index < -0.39 is 4.92 Å². The van der Waals surface area contributed by atoms with Gasteiger partial charge in [-0.2, -0.15) is 0 Å². The van der Waals surface area contributed by atoms with Crippen molar-refractivity contribution >= 4 is 23.0 Å². The molecule has 7 heteroatoms. The lowest BCUT2D eigenvalue weighted by molar-refractivity contribution is -0.384.